The molecule has 1 aliphatic rings. The number of esters is 1. The van der Waals surface area contributed by atoms with Gasteiger partial charge in [-0.05, 0) is 23.9 Å². The van der Waals surface area contributed by atoms with E-state index in [9.17, 15) is 9.59 Å². The first kappa shape index (κ1) is 16.4. The number of thiophene rings is 1. The van der Waals surface area contributed by atoms with E-state index in [1.54, 1.807) is 25.2 Å². The van der Waals surface area contributed by atoms with Crippen molar-refractivity contribution in [2.24, 2.45) is 0 Å². The normalized spacial score (nSPS) is 18.8. The molecule has 1 aliphatic heterocycles. The molecule has 2 heterocycles. The van der Waals surface area contributed by atoms with Gasteiger partial charge in [-0.2, -0.15) is 0 Å². The van der Waals surface area contributed by atoms with E-state index in [1.807, 2.05) is 42.6 Å². The lowest BCUT2D eigenvalue weighted by Crippen LogP contribution is -2.49. The number of amides is 2. The Hall–Kier alpha value is -2.44. The lowest BCUT2D eigenvalue weighted by Gasteiger charge is -2.29. The number of carbonyl (C=O) groups excluding carboxylic acids is 2. The Morgan fingerprint density at radius 2 is 1.92 bits per heavy atom. The fraction of sp³-hybridized carbons (Fsp3) is 0.222. The Balaban J connectivity index is 2.35. The Morgan fingerprint density at radius 1 is 1.21 bits per heavy atom. The van der Waals surface area contributed by atoms with Crippen LogP contribution in [0.4, 0.5) is 15.5 Å². The van der Waals surface area contributed by atoms with E-state index in [1.165, 1.54) is 18.4 Å². The highest BCUT2D eigenvalue weighted by molar-refractivity contribution is 7.14. The monoisotopic (exact) mass is 343 g/mol. The Labute approximate surface area is 145 Å². The number of aryl methyl sites for hydroxylation is 1. The number of nitrogens with zero attached hydrogens (tertiary/aromatic N) is 2. The number of quaternary nitrogens is 1. The Bertz CT molecular complexity index is 853. The van der Waals surface area contributed by atoms with Crippen LogP contribution >= 0.6 is 11.3 Å². The van der Waals surface area contributed by atoms with E-state index in [0.29, 0.717) is 5.57 Å². The van der Waals surface area contributed by atoms with Crippen LogP contribution in [0.5, 0.6) is 0 Å². The second-order valence-corrected chi connectivity index (χ2v) is 6.80. The second-order valence-electron chi connectivity index (χ2n) is 5.91. The molecule has 1 aromatic carbocycles. The summed E-state index contributed by atoms with van der Waals surface area (Å²) in [6.07, 6.45) is 1.70. The highest BCUT2D eigenvalue weighted by Gasteiger charge is 2.50. The molecule has 0 saturated carbocycles. The molecule has 2 aromatic rings. The summed E-state index contributed by atoms with van der Waals surface area (Å²) in [6.45, 7) is 1.99. The van der Waals surface area contributed by atoms with Crippen LogP contribution in [0.15, 0.2) is 41.9 Å². The standard InChI is InChI=1S/C18H19N2O3S/c1-12-9-16(24-11-12)20(18(22)19(2)3)10-14(17(21)23-4)13-7-5-6-8-15(13)20/h5-11H,1-4H3/q+1. The number of carbonyl (C=O) groups is 2. The topological polar surface area (TPSA) is 46.6 Å². The van der Waals surface area contributed by atoms with Gasteiger partial charge < -0.3 is 4.74 Å². The molecule has 5 nitrogen and oxygen atoms in total. The first-order valence-electron chi connectivity index (χ1n) is 7.49. The van der Waals surface area contributed by atoms with Gasteiger partial charge in [0, 0.05) is 26.2 Å². The molecule has 0 N–H and O–H groups in total. The summed E-state index contributed by atoms with van der Waals surface area (Å²) < 4.78 is 4.79. The fourth-order valence-electron chi connectivity index (χ4n) is 2.97. The van der Waals surface area contributed by atoms with Gasteiger partial charge in [0.15, 0.2) is 5.69 Å². The highest BCUT2D eigenvalue weighted by atomic mass is 32.1. The molecular formula is C18H19N2O3S+. The minimum atomic E-state index is -0.442. The predicted octanol–water partition coefficient (Wildman–Crippen LogP) is 3.90. The zero-order valence-electron chi connectivity index (χ0n) is 14.1. The number of fused-ring (bicyclic) bond motifs is 1. The molecule has 0 aliphatic carbocycles. The van der Waals surface area contributed by atoms with Crippen molar-refractivity contribution in [1.29, 1.82) is 0 Å². The number of rotatable bonds is 2. The molecule has 0 bridgehead atoms. The molecule has 0 fully saturated rings. The second kappa shape index (κ2) is 5.89. The molecule has 1 unspecified atom stereocenters. The number of hydrogen-bond donors (Lipinski definition) is 0. The van der Waals surface area contributed by atoms with E-state index < -0.39 is 5.97 Å². The van der Waals surface area contributed by atoms with E-state index in [4.69, 9.17) is 4.74 Å². The maximum Gasteiger partial charge on any atom is 0.434 e. The lowest BCUT2D eigenvalue weighted by atomic mass is 10.1. The Kier molecular flexibility index (Phi) is 4.03. The van der Waals surface area contributed by atoms with Gasteiger partial charge in [0.05, 0.1) is 12.7 Å². The molecule has 24 heavy (non-hydrogen) atoms. The van der Waals surface area contributed by atoms with Crippen molar-refractivity contribution >= 4 is 39.6 Å². The zero-order chi connectivity index (χ0) is 17.5. The summed E-state index contributed by atoms with van der Waals surface area (Å²) in [6, 6.07) is 9.32. The number of urea groups is 1. The number of hydrogen-bond acceptors (Lipinski definition) is 4. The van der Waals surface area contributed by atoms with Crippen LogP contribution in [0.25, 0.3) is 5.57 Å². The molecule has 6 heteroatoms. The van der Waals surface area contributed by atoms with Gasteiger partial charge in [0.1, 0.15) is 11.8 Å². The summed E-state index contributed by atoms with van der Waals surface area (Å²) in [5.74, 6) is -0.442. The third-order valence-corrected chi connectivity index (χ3v) is 5.19. The smallest absolute Gasteiger partial charge is 0.434 e. The first-order valence-corrected chi connectivity index (χ1v) is 8.37. The molecule has 3 rings (SSSR count). The van der Waals surface area contributed by atoms with E-state index >= 15 is 0 Å². The summed E-state index contributed by atoms with van der Waals surface area (Å²) in [5, 5.41) is 2.85. The molecule has 0 saturated heterocycles. The number of methoxy groups -OCH3 is 1. The number of para-hydroxylation sites is 1. The minimum absolute atomic E-state index is 0.133. The Morgan fingerprint density at radius 3 is 2.50 bits per heavy atom. The molecule has 1 aromatic heterocycles. The van der Waals surface area contributed by atoms with E-state index in [-0.39, 0.29) is 10.5 Å². The van der Waals surface area contributed by atoms with Gasteiger partial charge in [0.25, 0.3) is 0 Å². The maximum atomic E-state index is 13.2. The van der Waals surface area contributed by atoms with Crippen molar-refractivity contribution in [3.63, 3.8) is 0 Å². The van der Waals surface area contributed by atoms with Crippen LogP contribution in [0.2, 0.25) is 0 Å². The van der Waals surface area contributed by atoms with Crippen LogP contribution < -0.4 is 4.48 Å². The van der Waals surface area contributed by atoms with Crippen molar-refractivity contribution in [2.75, 3.05) is 21.2 Å². The molecule has 0 radical (unpaired) electrons. The lowest BCUT2D eigenvalue weighted by molar-refractivity contribution is -0.133. The average Bonchev–Trinajstić information content (AvgIpc) is 3.16. The zero-order valence-corrected chi connectivity index (χ0v) is 14.9. The van der Waals surface area contributed by atoms with E-state index in [0.717, 1.165) is 21.8 Å². The van der Waals surface area contributed by atoms with E-state index in [2.05, 4.69) is 0 Å². The molecule has 0 spiro atoms. The molecular weight excluding hydrogens is 324 g/mol. The SMILES string of the molecule is COC(=O)C1=C[N+](C(=O)N(C)C)(c2cc(C)cs2)c2ccccc21. The van der Waals surface area contributed by atoms with Gasteiger partial charge in [-0.3, -0.25) is 4.90 Å². The summed E-state index contributed by atoms with van der Waals surface area (Å²) in [4.78, 5) is 27.0. The van der Waals surface area contributed by atoms with Gasteiger partial charge in [0.2, 0.25) is 5.00 Å². The predicted molar refractivity (Wildman–Crippen MR) is 96.0 cm³/mol. The van der Waals surface area contributed by atoms with Crippen molar-refractivity contribution in [2.45, 2.75) is 6.92 Å². The largest absolute Gasteiger partial charge is 0.465 e. The highest BCUT2D eigenvalue weighted by Crippen LogP contribution is 2.49. The summed E-state index contributed by atoms with van der Waals surface area (Å²) >= 11 is 1.50. The third-order valence-electron chi connectivity index (χ3n) is 4.05. The number of ether oxygens (including phenoxy) is 1. The minimum Gasteiger partial charge on any atom is -0.465 e. The van der Waals surface area contributed by atoms with Crippen LogP contribution in [-0.4, -0.2) is 38.1 Å². The molecule has 2 amide bonds. The van der Waals surface area contributed by atoms with Crippen molar-refractivity contribution in [1.82, 2.24) is 9.38 Å². The molecule has 1 atom stereocenters. The molecule has 124 valence electrons. The first-order chi connectivity index (χ1) is 11.4. The quantitative estimate of drug-likeness (QED) is 0.614. The number of benzene rings is 1. The van der Waals surface area contributed by atoms with Crippen LogP contribution in [-0.2, 0) is 9.53 Å². The van der Waals surface area contributed by atoms with Gasteiger partial charge in [-0.1, -0.05) is 23.5 Å². The van der Waals surface area contributed by atoms with Gasteiger partial charge in [-0.25, -0.2) is 9.59 Å². The maximum absolute atomic E-state index is 13.2. The van der Waals surface area contributed by atoms with Crippen molar-refractivity contribution < 1.29 is 14.3 Å². The van der Waals surface area contributed by atoms with Gasteiger partial charge in [-0.15, -0.1) is 4.48 Å². The third kappa shape index (κ3) is 2.26. The van der Waals surface area contributed by atoms with Crippen LogP contribution in [0.1, 0.15) is 11.1 Å². The van der Waals surface area contributed by atoms with Crippen LogP contribution in [0, 0.1) is 6.92 Å². The fourth-order valence-corrected chi connectivity index (χ4v) is 3.99. The van der Waals surface area contributed by atoms with Crippen LogP contribution in [0.3, 0.4) is 0 Å². The summed E-state index contributed by atoms with van der Waals surface area (Å²) in [5.41, 5.74) is 2.98. The average molecular weight is 343 g/mol. The van der Waals surface area contributed by atoms with Crippen molar-refractivity contribution in [3.05, 3.63) is 53.0 Å². The van der Waals surface area contributed by atoms with Gasteiger partial charge >= 0.3 is 12.0 Å². The van der Waals surface area contributed by atoms with Crippen molar-refractivity contribution in [3.8, 4) is 0 Å². The summed E-state index contributed by atoms with van der Waals surface area (Å²) in [7, 11) is 4.78.